The molecule has 190 valence electrons. The Morgan fingerprint density at radius 3 is 2.56 bits per heavy atom. The maximum Gasteiger partial charge on any atom is 0.508 e. The van der Waals surface area contributed by atoms with Gasteiger partial charge in [-0.1, -0.05) is 13.8 Å². The lowest BCUT2D eigenvalue weighted by Crippen LogP contribution is -2.62. The molecule has 0 bridgehead atoms. The zero-order chi connectivity index (χ0) is 24.5. The van der Waals surface area contributed by atoms with Gasteiger partial charge in [0.1, 0.15) is 23.1 Å². The first-order chi connectivity index (χ1) is 16.1. The lowest BCUT2D eigenvalue weighted by Gasteiger charge is -2.57. The first-order valence-corrected chi connectivity index (χ1v) is 13.1. The zero-order valence-electron chi connectivity index (χ0n) is 21.3. The van der Waals surface area contributed by atoms with E-state index < -0.39 is 11.6 Å². The summed E-state index contributed by atoms with van der Waals surface area (Å²) >= 11 is 0. The van der Waals surface area contributed by atoms with Gasteiger partial charge in [0.05, 0.1) is 19.6 Å². The number of carbonyl (C=O) groups excluding carboxylic acids is 3. The van der Waals surface area contributed by atoms with Crippen molar-refractivity contribution in [2.75, 3.05) is 14.2 Å². The van der Waals surface area contributed by atoms with E-state index >= 15 is 0 Å². The van der Waals surface area contributed by atoms with Crippen LogP contribution in [-0.2, 0) is 28.5 Å². The van der Waals surface area contributed by atoms with Crippen LogP contribution >= 0.6 is 0 Å². The lowest BCUT2D eigenvalue weighted by molar-refractivity contribution is -0.147. The molecule has 1 aliphatic heterocycles. The summed E-state index contributed by atoms with van der Waals surface area (Å²) in [5.74, 6) is 1.32. The number of rotatable bonds is 5. The number of epoxide rings is 1. The van der Waals surface area contributed by atoms with Crippen LogP contribution in [0.4, 0.5) is 4.79 Å². The molecule has 7 nitrogen and oxygen atoms in total. The summed E-state index contributed by atoms with van der Waals surface area (Å²) < 4.78 is 21.9. The molecule has 0 aromatic heterocycles. The Morgan fingerprint density at radius 2 is 1.85 bits per heavy atom. The summed E-state index contributed by atoms with van der Waals surface area (Å²) in [7, 11) is 2.77. The summed E-state index contributed by atoms with van der Waals surface area (Å²) in [6, 6.07) is 0. The lowest BCUT2D eigenvalue weighted by atomic mass is 9.44. The van der Waals surface area contributed by atoms with Gasteiger partial charge in [0.2, 0.25) is 0 Å². The normalized spacial score (nSPS) is 47.4. The zero-order valence-corrected chi connectivity index (χ0v) is 21.3. The van der Waals surface area contributed by atoms with Crippen LogP contribution in [0.3, 0.4) is 0 Å². The molecule has 5 aliphatic rings. The average Bonchev–Trinajstić information content (AvgIpc) is 3.38. The first-order valence-electron chi connectivity index (χ1n) is 13.1. The molecule has 1 saturated heterocycles. The van der Waals surface area contributed by atoms with Gasteiger partial charge in [0, 0.05) is 18.8 Å². The number of ether oxygens (including phenoxy) is 4. The van der Waals surface area contributed by atoms with Crippen LogP contribution in [0.5, 0.6) is 0 Å². The molecule has 0 radical (unpaired) electrons. The van der Waals surface area contributed by atoms with Gasteiger partial charge >= 0.3 is 12.1 Å². The van der Waals surface area contributed by atoms with Gasteiger partial charge in [-0.15, -0.1) is 0 Å². The molecular weight excluding hydrogens is 436 g/mol. The number of hydrogen-bond acceptors (Lipinski definition) is 7. The van der Waals surface area contributed by atoms with Crippen molar-refractivity contribution >= 4 is 17.9 Å². The van der Waals surface area contributed by atoms with Crippen LogP contribution in [0.2, 0.25) is 0 Å². The van der Waals surface area contributed by atoms with Crippen LogP contribution in [0.25, 0.3) is 0 Å². The van der Waals surface area contributed by atoms with Crippen molar-refractivity contribution < 1.29 is 33.3 Å². The summed E-state index contributed by atoms with van der Waals surface area (Å²) in [6.45, 7) is 6.71. The summed E-state index contributed by atoms with van der Waals surface area (Å²) in [5, 5.41) is 0. The molecule has 7 heteroatoms. The predicted molar refractivity (Wildman–Crippen MR) is 123 cm³/mol. The molecule has 2 spiro atoms. The molecule has 0 unspecified atom stereocenters. The minimum absolute atomic E-state index is 0.0172. The van der Waals surface area contributed by atoms with Crippen molar-refractivity contribution in [2.24, 2.45) is 34.5 Å². The molecule has 5 fully saturated rings. The van der Waals surface area contributed by atoms with E-state index in [9.17, 15) is 14.4 Å². The standard InChI is InChI=1S/C27H40O7/c1-16(6-7-22(29)31-4)19-10-13-27-25(19,3)21(28)15-20-24(2)11-9-18(33-23(30)32-5)14-17(24)8-12-26(20,27)34-27/h16-20H,6-15H2,1-5H3/t16-,17+,18+,19-,20-,24+,25+,26+,27+/m1/s1. The number of fused-ring (bicyclic) bond motifs is 2. The second-order valence-electron chi connectivity index (χ2n) is 12.1. The third kappa shape index (κ3) is 3.00. The molecular formula is C27H40O7. The molecule has 4 aliphatic carbocycles. The van der Waals surface area contributed by atoms with Gasteiger partial charge in [-0.2, -0.15) is 0 Å². The largest absolute Gasteiger partial charge is 0.508 e. The van der Waals surface area contributed by atoms with E-state index in [0.717, 1.165) is 51.4 Å². The number of ketones is 1. The molecule has 5 rings (SSSR count). The van der Waals surface area contributed by atoms with E-state index in [4.69, 9.17) is 18.9 Å². The number of esters is 1. The van der Waals surface area contributed by atoms with E-state index in [1.165, 1.54) is 14.2 Å². The highest BCUT2D eigenvalue weighted by molar-refractivity contribution is 5.90. The van der Waals surface area contributed by atoms with Crippen LogP contribution in [0.1, 0.15) is 85.0 Å². The number of hydrogen-bond donors (Lipinski definition) is 0. The third-order valence-corrected chi connectivity index (χ3v) is 11.2. The van der Waals surface area contributed by atoms with Crippen LogP contribution in [0.15, 0.2) is 0 Å². The van der Waals surface area contributed by atoms with Gasteiger partial charge in [-0.05, 0) is 81.5 Å². The minimum atomic E-state index is -0.604. The fourth-order valence-electron chi connectivity index (χ4n) is 9.31. The van der Waals surface area contributed by atoms with E-state index in [0.29, 0.717) is 24.5 Å². The van der Waals surface area contributed by atoms with Gasteiger partial charge in [0.25, 0.3) is 0 Å². The molecule has 0 aromatic carbocycles. The van der Waals surface area contributed by atoms with Gasteiger partial charge in [-0.3, -0.25) is 9.59 Å². The highest BCUT2D eigenvalue weighted by Gasteiger charge is 2.88. The molecule has 4 saturated carbocycles. The summed E-state index contributed by atoms with van der Waals surface area (Å²) in [6.07, 6.45) is 7.53. The number of carbonyl (C=O) groups is 3. The van der Waals surface area contributed by atoms with Crippen molar-refractivity contribution in [2.45, 2.75) is 102 Å². The Hall–Kier alpha value is -1.63. The maximum atomic E-state index is 14.0. The van der Waals surface area contributed by atoms with Gasteiger partial charge in [0.15, 0.2) is 0 Å². The van der Waals surface area contributed by atoms with Crippen LogP contribution in [-0.4, -0.2) is 49.4 Å². The Kier molecular flexibility index (Phi) is 5.62. The Morgan fingerprint density at radius 1 is 1.09 bits per heavy atom. The van der Waals surface area contributed by atoms with E-state index in [1.807, 2.05) is 0 Å². The molecule has 34 heavy (non-hydrogen) atoms. The van der Waals surface area contributed by atoms with E-state index in [2.05, 4.69) is 20.8 Å². The second-order valence-corrected chi connectivity index (χ2v) is 12.1. The monoisotopic (exact) mass is 476 g/mol. The van der Waals surface area contributed by atoms with Gasteiger partial charge in [-0.25, -0.2) is 4.79 Å². The topological polar surface area (TPSA) is 91.4 Å². The fourth-order valence-corrected chi connectivity index (χ4v) is 9.31. The second kappa shape index (κ2) is 7.94. The molecule has 0 N–H and O–H groups in total. The van der Waals surface area contributed by atoms with Crippen molar-refractivity contribution in [1.82, 2.24) is 0 Å². The highest BCUT2D eigenvalue weighted by Crippen LogP contribution is 2.80. The number of Topliss-reactive ketones (excluding diaryl/α,β-unsaturated/α-hetero) is 1. The van der Waals surface area contributed by atoms with Crippen molar-refractivity contribution in [3.8, 4) is 0 Å². The summed E-state index contributed by atoms with van der Waals surface area (Å²) in [5.41, 5.74) is -1.01. The summed E-state index contributed by atoms with van der Waals surface area (Å²) in [4.78, 5) is 37.4. The highest BCUT2D eigenvalue weighted by atomic mass is 16.7. The third-order valence-electron chi connectivity index (χ3n) is 11.2. The SMILES string of the molecule is COC(=O)CC[C@@H](C)[C@H]1CC[C@@]23O[C@]24CC[C@H]2C[C@@H](OC(=O)OC)CC[C@]2(C)[C@H]4CC(=O)[C@]13C. The molecule has 1 heterocycles. The minimum Gasteiger partial charge on any atom is -0.469 e. The Balaban J connectivity index is 1.37. The fraction of sp³-hybridized carbons (Fsp3) is 0.889. The number of methoxy groups -OCH3 is 2. The molecule has 0 aromatic rings. The van der Waals surface area contributed by atoms with Crippen molar-refractivity contribution in [3.63, 3.8) is 0 Å². The smallest absolute Gasteiger partial charge is 0.469 e. The Labute approximate surface area is 202 Å². The van der Waals surface area contributed by atoms with Crippen LogP contribution < -0.4 is 0 Å². The first kappa shape index (κ1) is 24.1. The predicted octanol–water partition coefficient (Wildman–Crippen LogP) is 4.84. The molecule has 0 amide bonds. The van der Waals surface area contributed by atoms with Crippen molar-refractivity contribution in [1.29, 1.82) is 0 Å². The Bertz CT molecular complexity index is 886. The van der Waals surface area contributed by atoms with Crippen LogP contribution in [0, 0.1) is 34.5 Å². The van der Waals surface area contributed by atoms with Crippen molar-refractivity contribution in [3.05, 3.63) is 0 Å². The van der Waals surface area contributed by atoms with Gasteiger partial charge < -0.3 is 18.9 Å². The quantitative estimate of drug-likeness (QED) is 0.414. The maximum absolute atomic E-state index is 14.0. The van der Waals surface area contributed by atoms with E-state index in [-0.39, 0.29) is 46.4 Å². The average molecular weight is 477 g/mol. The van der Waals surface area contributed by atoms with E-state index in [1.54, 1.807) is 0 Å². The molecule has 9 atom stereocenters.